The number of carbonyl (C=O) groups is 2. The number of nitrogens with zero attached hydrogens (tertiary/aromatic N) is 3. The van der Waals surface area contributed by atoms with Crippen LogP contribution >= 0.6 is 0 Å². The first-order valence-electron chi connectivity index (χ1n) is 10.7. The molecular weight excluding hydrogens is 388 g/mol. The molecule has 1 atom stereocenters. The minimum Gasteiger partial charge on any atom is -0.352 e. The van der Waals surface area contributed by atoms with Crippen molar-refractivity contribution < 1.29 is 9.59 Å². The third-order valence-corrected chi connectivity index (χ3v) is 5.83. The van der Waals surface area contributed by atoms with Gasteiger partial charge < -0.3 is 14.8 Å². The molecule has 1 N–H and O–H groups in total. The van der Waals surface area contributed by atoms with Crippen LogP contribution in [0.5, 0.6) is 0 Å². The van der Waals surface area contributed by atoms with Crippen LogP contribution in [0.1, 0.15) is 42.9 Å². The van der Waals surface area contributed by atoms with E-state index >= 15 is 0 Å². The SMILES string of the molecule is CC(C)c1cccc(N2CC(C(=O)NCc3ccccc3Cn3ccnc3)CC2=O)c1. The van der Waals surface area contributed by atoms with Crippen LogP contribution in [0, 0.1) is 5.92 Å². The topological polar surface area (TPSA) is 67.2 Å². The number of rotatable bonds is 7. The van der Waals surface area contributed by atoms with Gasteiger partial charge in [-0.15, -0.1) is 0 Å². The summed E-state index contributed by atoms with van der Waals surface area (Å²) in [7, 11) is 0. The molecule has 160 valence electrons. The first kappa shape index (κ1) is 20.8. The van der Waals surface area contributed by atoms with Crippen LogP contribution in [0.3, 0.4) is 0 Å². The molecular formula is C25H28N4O2. The Kier molecular flexibility index (Phi) is 6.16. The summed E-state index contributed by atoms with van der Waals surface area (Å²) in [4.78, 5) is 31.3. The van der Waals surface area contributed by atoms with Crippen LogP contribution in [0.25, 0.3) is 0 Å². The van der Waals surface area contributed by atoms with Crippen molar-refractivity contribution in [2.45, 2.75) is 39.3 Å². The van der Waals surface area contributed by atoms with Crippen LogP contribution in [-0.4, -0.2) is 27.9 Å². The molecule has 4 rings (SSSR count). The van der Waals surface area contributed by atoms with Gasteiger partial charge in [0.1, 0.15) is 0 Å². The maximum Gasteiger partial charge on any atom is 0.227 e. The molecule has 1 fully saturated rings. The van der Waals surface area contributed by atoms with E-state index in [0.717, 1.165) is 16.8 Å². The van der Waals surface area contributed by atoms with Gasteiger partial charge in [-0.1, -0.05) is 50.2 Å². The first-order valence-corrected chi connectivity index (χ1v) is 10.7. The Balaban J connectivity index is 1.39. The molecule has 1 aliphatic rings. The predicted molar refractivity (Wildman–Crippen MR) is 121 cm³/mol. The van der Waals surface area contributed by atoms with Gasteiger partial charge in [0, 0.05) is 44.1 Å². The first-order chi connectivity index (χ1) is 15.0. The molecule has 2 aromatic carbocycles. The fourth-order valence-corrected chi connectivity index (χ4v) is 3.97. The second-order valence-corrected chi connectivity index (χ2v) is 8.38. The summed E-state index contributed by atoms with van der Waals surface area (Å²) >= 11 is 0. The van der Waals surface area contributed by atoms with Gasteiger partial charge in [0.25, 0.3) is 0 Å². The Labute approximate surface area is 182 Å². The van der Waals surface area contributed by atoms with E-state index in [9.17, 15) is 9.59 Å². The van der Waals surface area contributed by atoms with Crippen molar-refractivity contribution in [1.29, 1.82) is 0 Å². The third kappa shape index (κ3) is 4.85. The molecule has 3 aromatic rings. The lowest BCUT2D eigenvalue weighted by molar-refractivity contribution is -0.126. The highest BCUT2D eigenvalue weighted by atomic mass is 16.2. The minimum absolute atomic E-state index is 0.00145. The van der Waals surface area contributed by atoms with Gasteiger partial charge in [-0.2, -0.15) is 0 Å². The number of benzene rings is 2. The molecule has 2 amide bonds. The molecule has 6 nitrogen and oxygen atoms in total. The lowest BCUT2D eigenvalue weighted by Crippen LogP contribution is -2.33. The molecule has 1 aliphatic heterocycles. The summed E-state index contributed by atoms with van der Waals surface area (Å²) in [5.74, 6) is -0.0231. The molecule has 1 aromatic heterocycles. The molecule has 1 unspecified atom stereocenters. The Bertz CT molecular complexity index is 1060. The van der Waals surface area contributed by atoms with E-state index in [1.807, 2.05) is 41.1 Å². The number of hydrogen-bond acceptors (Lipinski definition) is 3. The van der Waals surface area contributed by atoms with E-state index in [-0.39, 0.29) is 24.2 Å². The highest BCUT2D eigenvalue weighted by Gasteiger charge is 2.35. The van der Waals surface area contributed by atoms with Crippen LogP contribution in [0.4, 0.5) is 5.69 Å². The Hall–Kier alpha value is -3.41. The maximum absolute atomic E-state index is 12.8. The van der Waals surface area contributed by atoms with Crippen molar-refractivity contribution in [3.8, 4) is 0 Å². The van der Waals surface area contributed by atoms with E-state index in [4.69, 9.17) is 0 Å². The fraction of sp³-hybridized carbons (Fsp3) is 0.320. The monoisotopic (exact) mass is 416 g/mol. The molecule has 0 bridgehead atoms. The minimum atomic E-state index is -0.337. The summed E-state index contributed by atoms with van der Waals surface area (Å²) in [5.41, 5.74) is 4.26. The number of carbonyl (C=O) groups excluding carboxylic acids is 2. The number of hydrogen-bond donors (Lipinski definition) is 1. The van der Waals surface area contributed by atoms with Gasteiger partial charge in [0.05, 0.1) is 12.2 Å². The van der Waals surface area contributed by atoms with Gasteiger partial charge >= 0.3 is 0 Å². The van der Waals surface area contributed by atoms with Crippen molar-refractivity contribution in [2.75, 3.05) is 11.4 Å². The molecule has 2 heterocycles. The molecule has 31 heavy (non-hydrogen) atoms. The summed E-state index contributed by atoms with van der Waals surface area (Å²) in [6, 6.07) is 16.1. The Morgan fingerprint density at radius 3 is 2.71 bits per heavy atom. The van der Waals surface area contributed by atoms with Crippen molar-refractivity contribution in [3.63, 3.8) is 0 Å². The van der Waals surface area contributed by atoms with Gasteiger partial charge in [-0.25, -0.2) is 4.98 Å². The van der Waals surface area contributed by atoms with Gasteiger partial charge in [0.15, 0.2) is 0 Å². The normalized spacial score (nSPS) is 16.2. The van der Waals surface area contributed by atoms with Crippen molar-refractivity contribution in [1.82, 2.24) is 14.9 Å². The zero-order valence-corrected chi connectivity index (χ0v) is 18.0. The Morgan fingerprint density at radius 1 is 1.16 bits per heavy atom. The average molecular weight is 417 g/mol. The standard InChI is InChI=1S/C25H28N4O2/c1-18(2)19-8-5-9-23(12-19)29-16-22(13-24(29)30)25(31)27-14-20-6-3-4-7-21(20)15-28-11-10-26-17-28/h3-12,17-18,22H,13-16H2,1-2H3,(H,27,31). The van der Waals surface area contributed by atoms with E-state index in [1.165, 1.54) is 5.56 Å². The van der Waals surface area contributed by atoms with Gasteiger partial charge in [0.2, 0.25) is 11.8 Å². The number of anilines is 1. The molecule has 1 saturated heterocycles. The third-order valence-electron chi connectivity index (χ3n) is 5.83. The smallest absolute Gasteiger partial charge is 0.227 e. The Morgan fingerprint density at radius 2 is 1.97 bits per heavy atom. The quantitative estimate of drug-likeness (QED) is 0.638. The largest absolute Gasteiger partial charge is 0.352 e. The highest BCUT2D eigenvalue weighted by molar-refractivity contribution is 6.00. The maximum atomic E-state index is 12.8. The number of aromatic nitrogens is 2. The van der Waals surface area contributed by atoms with Gasteiger partial charge in [-0.3, -0.25) is 9.59 Å². The van der Waals surface area contributed by atoms with Crippen LogP contribution in [-0.2, 0) is 22.7 Å². The van der Waals surface area contributed by atoms with E-state index < -0.39 is 0 Å². The number of amides is 2. The van der Waals surface area contributed by atoms with Crippen LogP contribution < -0.4 is 10.2 Å². The fourth-order valence-electron chi connectivity index (χ4n) is 3.97. The highest BCUT2D eigenvalue weighted by Crippen LogP contribution is 2.28. The molecule has 6 heteroatoms. The molecule has 0 spiro atoms. The van der Waals surface area contributed by atoms with E-state index in [2.05, 4.69) is 42.3 Å². The van der Waals surface area contributed by atoms with Crippen molar-refractivity contribution in [3.05, 3.63) is 83.9 Å². The lowest BCUT2D eigenvalue weighted by Gasteiger charge is -2.18. The second kappa shape index (κ2) is 9.16. The average Bonchev–Trinajstić information content (AvgIpc) is 3.42. The van der Waals surface area contributed by atoms with Crippen molar-refractivity contribution >= 4 is 17.5 Å². The number of nitrogens with one attached hydrogen (secondary N) is 1. The summed E-state index contributed by atoms with van der Waals surface area (Å²) in [6.45, 7) is 5.83. The van der Waals surface area contributed by atoms with Crippen LogP contribution in [0.2, 0.25) is 0 Å². The zero-order chi connectivity index (χ0) is 21.8. The van der Waals surface area contributed by atoms with E-state index in [1.54, 1.807) is 17.4 Å². The van der Waals surface area contributed by atoms with E-state index in [0.29, 0.717) is 25.6 Å². The predicted octanol–water partition coefficient (Wildman–Crippen LogP) is 3.72. The zero-order valence-electron chi connectivity index (χ0n) is 18.0. The molecule has 0 saturated carbocycles. The summed E-state index contributed by atoms with van der Waals surface area (Å²) in [5, 5.41) is 3.04. The van der Waals surface area contributed by atoms with Crippen molar-refractivity contribution in [2.24, 2.45) is 5.92 Å². The molecule has 0 aliphatic carbocycles. The second-order valence-electron chi connectivity index (χ2n) is 8.38. The molecule has 0 radical (unpaired) electrons. The van der Waals surface area contributed by atoms with Gasteiger partial charge in [-0.05, 0) is 34.7 Å². The summed E-state index contributed by atoms with van der Waals surface area (Å²) < 4.78 is 2.00. The summed E-state index contributed by atoms with van der Waals surface area (Å²) in [6.07, 6.45) is 5.70. The lowest BCUT2D eigenvalue weighted by atomic mass is 10.0. The van der Waals surface area contributed by atoms with Crippen LogP contribution in [0.15, 0.2) is 67.3 Å². The number of imidazole rings is 1.